The van der Waals surface area contributed by atoms with E-state index in [0.29, 0.717) is 21.2 Å². The van der Waals surface area contributed by atoms with Gasteiger partial charge in [0.05, 0.1) is 0 Å². The lowest BCUT2D eigenvalue weighted by atomic mass is 10.6. The molecule has 0 atom stereocenters. The SMILES string of the molecule is CSc1nc(N)cc(Sc2nc(=O)c(=O)[nH]n2C)n1. The Balaban J connectivity index is 2.41. The third-order valence-electron chi connectivity index (χ3n) is 2.03. The number of H-pyrrole nitrogens is 1. The number of anilines is 1. The summed E-state index contributed by atoms with van der Waals surface area (Å²) in [5, 5.41) is 3.74. The molecular weight excluding hydrogens is 288 g/mol. The van der Waals surface area contributed by atoms with E-state index < -0.39 is 11.1 Å². The number of aromatic nitrogens is 5. The maximum absolute atomic E-state index is 11.2. The van der Waals surface area contributed by atoms with Crippen molar-refractivity contribution in [3.8, 4) is 0 Å². The minimum atomic E-state index is -0.840. The summed E-state index contributed by atoms with van der Waals surface area (Å²) >= 11 is 2.47. The van der Waals surface area contributed by atoms with E-state index in [4.69, 9.17) is 5.73 Å². The van der Waals surface area contributed by atoms with E-state index >= 15 is 0 Å². The van der Waals surface area contributed by atoms with Crippen LogP contribution in [0.1, 0.15) is 0 Å². The van der Waals surface area contributed by atoms with Crippen LogP contribution in [-0.4, -0.2) is 31.0 Å². The van der Waals surface area contributed by atoms with Gasteiger partial charge in [-0.2, -0.15) is 4.98 Å². The topological polar surface area (TPSA) is 120 Å². The highest BCUT2D eigenvalue weighted by Gasteiger charge is 2.09. The number of hydrogen-bond donors (Lipinski definition) is 2. The van der Waals surface area contributed by atoms with Crippen molar-refractivity contribution in [1.82, 2.24) is 24.7 Å². The highest BCUT2D eigenvalue weighted by molar-refractivity contribution is 7.99. The molecule has 0 spiro atoms. The van der Waals surface area contributed by atoms with Crippen LogP contribution in [0, 0.1) is 0 Å². The maximum atomic E-state index is 11.2. The number of nitrogens with one attached hydrogen (secondary N) is 1. The van der Waals surface area contributed by atoms with Crippen LogP contribution in [0.3, 0.4) is 0 Å². The van der Waals surface area contributed by atoms with Crippen molar-refractivity contribution < 1.29 is 0 Å². The van der Waals surface area contributed by atoms with Gasteiger partial charge in [0.2, 0.25) is 0 Å². The molecule has 0 radical (unpaired) electrons. The van der Waals surface area contributed by atoms with Crippen molar-refractivity contribution in [2.75, 3.05) is 12.0 Å². The van der Waals surface area contributed by atoms with Crippen LogP contribution in [0.2, 0.25) is 0 Å². The van der Waals surface area contributed by atoms with Gasteiger partial charge in [-0.05, 0) is 18.0 Å². The fraction of sp³-hybridized carbons (Fsp3) is 0.222. The zero-order valence-electron chi connectivity index (χ0n) is 10.1. The van der Waals surface area contributed by atoms with Crippen LogP contribution in [0.4, 0.5) is 5.82 Å². The molecule has 8 nitrogen and oxygen atoms in total. The lowest BCUT2D eigenvalue weighted by Crippen LogP contribution is -2.33. The van der Waals surface area contributed by atoms with Crippen molar-refractivity contribution in [3.63, 3.8) is 0 Å². The van der Waals surface area contributed by atoms with E-state index in [1.807, 2.05) is 6.26 Å². The molecule has 0 unspecified atom stereocenters. The van der Waals surface area contributed by atoms with Gasteiger partial charge in [-0.3, -0.25) is 19.4 Å². The summed E-state index contributed by atoms with van der Waals surface area (Å²) in [5.74, 6) is 0.330. The molecular formula is C9H10N6O2S2. The molecule has 2 heterocycles. The molecule has 100 valence electrons. The van der Waals surface area contributed by atoms with Crippen molar-refractivity contribution in [2.45, 2.75) is 15.3 Å². The first-order valence-corrected chi connectivity index (χ1v) is 7.07. The molecule has 2 aromatic rings. The molecule has 0 amide bonds. The first-order valence-electron chi connectivity index (χ1n) is 5.03. The number of nitrogens with two attached hydrogens (primary N) is 1. The van der Waals surface area contributed by atoms with Gasteiger partial charge in [0.15, 0.2) is 10.3 Å². The van der Waals surface area contributed by atoms with Gasteiger partial charge in [-0.15, -0.1) is 0 Å². The number of aromatic amines is 1. The molecule has 0 fully saturated rings. The van der Waals surface area contributed by atoms with Crippen molar-refractivity contribution in [3.05, 3.63) is 26.8 Å². The molecule has 0 bridgehead atoms. The quantitative estimate of drug-likeness (QED) is 0.343. The Bertz CT molecular complexity index is 725. The van der Waals surface area contributed by atoms with Crippen molar-refractivity contribution in [1.29, 1.82) is 0 Å². The molecule has 10 heteroatoms. The second-order valence-corrected chi connectivity index (χ2v) is 5.18. The van der Waals surface area contributed by atoms with Gasteiger partial charge in [0.25, 0.3) is 0 Å². The molecule has 0 saturated heterocycles. The zero-order valence-corrected chi connectivity index (χ0v) is 11.7. The Hall–Kier alpha value is -1.81. The number of rotatable bonds is 3. The Morgan fingerprint density at radius 3 is 2.74 bits per heavy atom. The summed E-state index contributed by atoms with van der Waals surface area (Å²) in [6.45, 7) is 0. The molecule has 2 aromatic heterocycles. The summed E-state index contributed by atoms with van der Waals surface area (Å²) in [4.78, 5) is 34.2. The second-order valence-electron chi connectivity index (χ2n) is 3.42. The Morgan fingerprint density at radius 1 is 1.32 bits per heavy atom. The lowest BCUT2D eigenvalue weighted by Gasteiger charge is -2.06. The molecule has 0 aliphatic carbocycles. The lowest BCUT2D eigenvalue weighted by molar-refractivity contribution is 0.596. The molecule has 0 aliphatic rings. The summed E-state index contributed by atoms with van der Waals surface area (Å²) in [6.07, 6.45) is 1.83. The monoisotopic (exact) mass is 298 g/mol. The molecule has 2 rings (SSSR count). The van der Waals surface area contributed by atoms with E-state index in [1.165, 1.54) is 16.4 Å². The number of aryl methyl sites for hydroxylation is 1. The summed E-state index contributed by atoms with van der Waals surface area (Å²) in [7, 11) is 1.58. The fourth-order valence-corrected chi connectivity index (χ4v) is 2.46. The number of nitrogen functional groups attached to an aromatic ring is 1. The second kappa shape index (κ2) is 5.45. The van der Waals surface area contributed by atoms with Crippen molar-refractivity contribution >= 4 is 29.3 Å². The summed E-state index contributed by atoms with van der Waals surface area (Å²) in [5.41, 5.74) is 4.05. The van der Waals surface area contributed by atoms with Crippen LogP contribution in [0.15, 0.2) is 31.0 Å². The van der Waals surface area contributed by atoms with Crippen LogP contribution in [-0.2, 0) is 7.05 Å². The van der Waals surface area contributed by atoms with Gasteiger partial charge in [-0.25, -0.2) is 9.97 Å². The molecule has 0 aliphatic heterocycles. The minimum Gasteiger partial charge on any atom is -0.384 e. The predicted molar refractivity (Wildman–Crippen MR) is 72.4 cm³/mol. The molecule has 19 heavy (non-hydrogen) atoms. The Kier molecular flexibility index (Phi) is 3.90. The minimum absolute atomic E-state index is 0.315. The first-order chi connectivity index (χ1) is 8.99. The zero-order chi connectivity index (χ0) is 14.0. The van der Waals surface area contributed by atoms with E-state index in [2.05, 4.69) is 20.1 Å². The summed E-state index contributed by atoms with van der Waals surface area (Å²) in [6, 6.07) is 1.57. The highest BCUT2D eigenvalue weighted by atomic mass is 32.2. The third-order valence-corrected chi connectivity index (χ3v) is 3.54. The average Bonchev–Trinajstić information content (AvgIpc) is 2.35. The fourth-order valence-electron chi connectivity index (χ4n) is 1.21. The van der Waals surface area contributed by atoms with E-state index in [-0.39, 0.29) is 0 Å². The average molecular weight is 298 g/mol. The molecule has 0 aromatic carbocycles. The smallest absolute Gasteiger partial charge is 0.339 e. The van der Waals surface area contributed by atoms with Crippen LogP contribution in [0.25, 0.3) is 0 Å². The highest BCUT2D eigenvalue weighted by Crippen LogP contribution is 2.25. The number of thioether (sulfide) groups is 1. The largest absolute Gasteiger partial charge is 0.384 e. The summed E-state index contributed by atoms with van der Waals surface area (Å²) < 4.78 is 1.35. The van der Waals surface area contributed by atoms with Gasteiger partial charge >= 0.3 is 11.1 Å². The normalized spacial score (nSPS) is 10.6. The molecule has 0 saturated carbocycles. The number of hydrogen-bond acceptors (Lipinski definition) is 8. The Labute approximate surface area is 115 Å². The van der Waals surface area contributed by atoms with Gasteiger partial charge in [0.1, 0.15) is 10.8 Å². The van der Waals surface area contributed by atoms with Gasteiger partial charge in [-0.1, -0.05) is 11.8 Å². The van der Waals surface area contributed by atoms with E-state index in [9.17, 15) is 9.59 Å². The van der Waals surface area contributed by atoms with Gasteiger partial charge in [0, 0.05) is 13.1 Å². The maximum Gasteiger partial charge on any atom is 0.339 e. The van der Waals surface area contributed by atoms with E-state index in [0.717, 1.165) is 11.8 Å². The van der Waals surface area contributed by atoms with E-state index in [1.54, 1.807) is 13.1 Å². The third kappa shape index (κ3) is 3.15. The standard InChI is InChI=1S/C9H10N6O2S2/c1-15-9(13-6(16)7(17)14-15)19-5-3-4(10)11-8(12-5)18-2/h3H,1-2H3,(H,14,17)(H2,10,11,12). The van der Waals surface area contributed by atoms with Crippen LogP contribution in [0.5, 0.6) is 0 Å². The first kappa shape index (κ1) is 13.6. The van der Waals surface area contributed by atoms with Gasteiger partial charge < -0.3 is 5.73 Å². The molecule has 3 N–H and O–H groups in total. The van der Waals surface area contributed by atoms with Crippen molar-refractivity contribution in [2.24, 2.45) is 7.05 Å². The van der Waals surface area contributed by atoms with Crippen LogP contribution >= 0.6 is 23.5 Å². The Morgan fingerprint density at radius 2 is 2.05 bits per heavy atom. The predicted octanol–water partition coefficient (Wildman–Crippen LogP) is -0.286. The van der Waals surface area contributed by atoms with Crippen LogP contribution < -0.4 is 16.9 Å². The number of nitrogens with zero attached hydrogens (tertiary/aromatic N) is 4.